The van der Waals surface area contributed by atoms with Gasteiger partial charge in [0.1, 0.15) is 11.7 Å². The number of furan rings is 1. The molecule has 0 aliphatic rings. The van der Waals surface area contributed by atoms with E-state index in [4.69, 9.17) is 4.42 Å². The Bertz CT molecular complexity index is 4730. The Morgan fingerprint density at radius 3 is 1.81 bits per heavy atom. The number of nitrogens with zero attached hydrogens (tertiary/aromatic N) is 4. The summed E-state index contributed by atoms with van der Waals surface area (Å²) in [5, 5.41) is 23.1. The summed E-state index contributed by atoms with van der Waals surface area (Å²) >= 11 is 3.57. The predicted octanol–water partition coefficient (Wildman–Crippen LogP) is 18.6. The number of thiophene rings is 2. The molecule has 324 valence electrons. The first-order valence-electron chi connectivity index (χ1n) is 23.3. The number of hydrogen-bond donors (Lipinski definition) is 0. The molecule has 5 nitrogen and oxygen atoms in total. The van der Waals surface area contributed by atoms with E-state index in [1.165, 1.54) is 31.1 Å². The van der Waals surface area contributed by atoms with Crippen LogP contribution in [0.25, 0.3) is 144 Å². The van der Waals surface area contributed by atoms with Gasteiger partial charge in [-0.1, -0.05) is 152 Å². The molecule has 70 heavy (non-hydrogen) atoms. The van der Waals surface area contributed by atoms with Crippen LogP contribution in [-0.4, -0.2) is 9.13 Å². The lowest BCUT2D eigenvalue weighted by atomic mass is 9.88. The Labute approximate surface area is 407 Å². The van der Waals surface area contributed by atoms with Crippen LogP contribution in [0.15, 0.2) is 192 Å². The van der Waals surface area contributed by atoms with Gasteiger partial charge in [0, 0.05) is 74.4 Å². The van der Waals surface area contributed by atoms with Crippen LogP contribution >= 0.6 is 22.7 Å². The molecule has 0 bridgehead atoms. The van der Waals surface area contributed by atoms with E-state index in [1.807, 2.05) is 48.5 Å². The second-order valence-electron chi connectivity index (χ2n) is 18.1. The van der Waals surface area contributed by atoms with Crippen molar-refractivity contribution in [1.82, 2.24) is 9.13 Å². The molecule has 0 unspecified atom stereocenters. The number of aromatic nitrogens is 2. The van der Waals surface area contributed by atoms with Gasteiger partial charge in [-0.25, -0.2) is 4.85 Å². The van der Waals surface area contributed by atoms with E-state index in [1.54, 1.807) is 22.7 Å². The van der Waals surface area contributed by atoms with E-state index in [9.17, 15) is 11.8 Å². The SMILES string of the molecule is [C-]#[N+]c1c(-c2ccccc2)c(C#N)c(-n2c3ccccc3c3cc(C)c4c5ccccc5sc4c32)c(-c2ccccc2)c1-n1c2c(ccc3c4ccccc4oc32)c2ccc3c4ccccc4sc3c21. The van der Waals surface area contributed by atoms with Gasteiger partial charge in [-0.05, 0) is 60.0 Å². The molecule has 0 saturated carbocycles. The third kappa shape index (κ3) is 5.12. The molecule has 15 aromatic rings. The molecule has 5 heterocycles. The van der Waals surface area contributed by atoms with Crippen molar-refractivity contribution >= 4 is 134 Å². The third-order valence-corrected chi connectivity index (χ3v) is 16.8. The van der Waals surface area contributed by atoms with Gasteiger partial charge in [0.25, 0.3) is 0 Å². The number of benzene rings is 10. The fourth-order valence-electron chi connectivity index (χ4n) is 11.7. The Morgan fingerprint density at radius 1 is 0.500 bits per heavy atom. The Morgan fingerprint density at radius 2 is 1.07 bits per heavy atom. The summed E-state index contributed by atoms with van der Waals surface area (Å²) in [6, 6.07) is 68.6. The standard InChI is InChI=1S/C63H34N4OS2/c1-35-33-46-38-21-9-13-25-48(38)66(59(46)63-52(35)45-24-12-16-28-51(45)70-63)56-47(34-64)53(36-17-5-3-6-18-36)55(65-2)60(54(56)37-19-7-4-8-20-37)67-57-41(29-31-43-39-22-10-14-26-49(39)68-61(43)57)42-30-32-44-40-23-11-15-27-50(40)69-62(44)58(42)67/h3-33H,1H3. The number of fused-ring (bicyclic) bond motifs is 18. The van der Waals surface area contributed by atoms with E-state index in [0.717, 1.165) is 103 Å². The maximum absolute atomic E-state index is 12.1. The molecule has 0 fully saturated rings. The Hall–Kier alpha value is -8.98. The van der Waals surface area contributed by atoms with Gasteiger partial charge in [0.05, 0.1) is 55.0 Å². The van der Waals surface area contributed by atoms with Crippen molar-refractivity contribution in [2.45, 2.75) is 6.92 Å². The van der Waals surface area contributed by atoms with E-state index in [-0.39, 0.29) is 0 Å². The summed E-state index contributed by atoms with van der Waals surface area (Å²) < 4.78 is 16.4. The van der Waals surface area contributed by atoms with Gasteiger partial charge in [-0.2, -0.15) is 5.26 Å². The highest BCUT2D eigenvalue weighted by Gasteiger charge is 2.34. The maximum Gasteiger partial charge on any atom is 0.220 e. The van der Waals surface area contributed by atoms with E-state index in [2.05, 4.69) is 166 Å². The van der Waals surface area contributed by atoms with Gasteiger partial charge >= 0.3 is 0 Å². The summed E-state index contributed by atoms with van der Waals surface area (Å²) in [6.07, 6.45) is 0. The smallest absolute Gasteiger partial charge is 0.220 e. The highest BCUT2D eigenvalue weighted by molar-refractivity contribution is 7.27. The van der Waals surface area contributed by atoms with Gasteiger partial charge in [-0.3, -0.25) is 0 Å². The van der Waals surface area contributed by atoms with Crippen molar-refractivity contribution in [1.29, 1.82) is 5.26 Å². The number of aryl methyl sites for hydroxylation is 1. The summed E-state index contributed by atoms with van der Waals surface area (Å²) in [7, 11) is 0. The van der Waals surface area contributed by atoms with Crippen molar-refractivity contribution in [2.24, 2.45) is 0 Å². The molecule has 0 radical (unpaired) electrons. The quantitative estimate of drug-likeness (QED) is 0.165. The highest BCUT2D eigenvalue weighted by atomic mass is 32.1. The molecule has 7 heteroatoms. The molecule has 15 rings (SSSR count). The topological polar surface area (TPSA) is 51.1 Å². The lowest BCUT2D eigenvalue weighted by Gasteiger charge is -2.26. The summed E-state index contributed by atoms with van der Waals surface area (Å²) in [6.45, 7) is 11.7. The van der Waals surface area contributed by atoms with Gasteiger partial charge in [0.15, 0.2) is 5.58 Å². The molecule has 0 saturated heterocycles. The molecule has 5 aromatic heterocycles. The molecule has 0 spiro atoms. The number of nitriles is 1. The zero-order chi connectivity index (χ0) is 46.4. The van der Waals surface area contributed by atoms with E-state index < -0.39 is 0 Å². The molecule has 0 atom stereocenters. The normalized spacial score (nSPS) is 12.0. The summed E-state index contributed by atoms with van der Waals surface area (Å²) in [5.41, 5.74) is 11.9. The first-order valence-corrected chi connectivity index (χ1v) is 24.9. The second-order valence-corrected chi connectivity index (χ2v) is 20.2. The number of para-hydroxylation sites is 2. The van der Waals surface area contributed by atoms with Crippen LogP contribution in [0.3, 0.4) is 0 Å². The maximum atomic E-state index is 12.1. The van der Waals surface area contributed by atoms with Crippen LogP contribution in [0.2, 0.25) is 0 Å². The number of hydrogen-bond acceptors (Lipinski definition) is 4. The van der Waals surface area contributed by atoms with Crippen LogP contribution in [-0.2, 0) is 0 Å². The number of rotatable bonds is 4. The first-order chi connectivity index (χ1) is 34.6. The Kier molecular flexibility index (Phi) is 8.10. The van der Waals surface area contributed by atoms with Crippen LogP contribution in [0.4, 0.5) is 5.69 Å². The summed E-state index contributed by atoms with van der Waals surface area (Å²) in [4.78, 5) is 4.64. The molecule has 10 aromatic carbocycles. The van der Waals surface area contributed by atoms with Crippen LogP contribution < -0.4 is 0 Å². The minimum absolute atomic E-state index is 0.388. The Balaban J connectivity index is 1.27. The van der Waals surface area contributed by atoms with E-state index in [0.29, 0.717) is 22.5 Å². The largest absolute Gasteiger partial charge is 0.454 e. The van der Waals surface area contributed by atoms with Crippen molar-refractivity contribution in [2.75, 3.05) is 0 Å². The van der Waals surface area contributed by atoms with Crippen LogP contribution in [0.1, 0.15) is 11.1 Å². The van der Waals surface area contributed by atoms with Crippen LogP contribution in [0, 0.1) is 24.8 Å². The molecule has 0 aliphatic carbocycles. The molecular formula is C63H34N4OS2. The van der Waals surface area contributed by atoms with E-state index >= 15 is 0 Å². The molecular weight excluding hydrogens is 893 g/mol. The molecule has 0 N–H and O–H groups in total. The third-order valence-electron chi connectivity index (χ3n) is 14.5. The first kappa shape index (κ1) is 39.1. The van der Waals surface area contributed by atoms with Crippen molar-refractivity contribution in [3.63, 3.8) is 0 Å². The van der Waals surface area contributed by atoms with Crippen molar-refractivity contribution in [3.8, 4) is 39.7 Å². The fourth-order valence-corrected chi connectivity index (χ4v) is 14.2. The molecule has 0 amide bonds. The zero-order valence-corrected chi connectivity index (χ0v) is 39.0. The highest BCUT2D eigenvalue weighted by Crippen LogP contribution is 2.55. The average Bonchev–Trinajstić information content (AvgIpc) is 4.23. The lowest BCUT2D eigenvalue weighted by molar-refractivity contribution is 0.671. The monoisotopic (exact) mass is 926 g/mol. The van der Waals surface area contributed by atoms with Crippen molar-refractivity contribution < 1.29 is 4.42 Å². The average molecular weight is 927 g/mol. The zero-order valence-electron chi connectivity index (χ0n) is 37.4. The fraction of sp³-hybridized carbons (Fsp3) is 0.0159. The minimum atomic E-state index is 0.388. The van der Waals surface area contributed by atoms with Gasteiger partial charge in [0.2, 0.25) is 5.69 Å². The van der Waals surface area contributed by atoms with Crippen molar-refractivity contribution in [3.05, 3.63) is 211 Å². The van der Waals surface area contributed by atoms with Gasteiger partial charge in [-0.15, -0.1) is 22.7 Å². The van der Waals surface area contributed by atoms with Gasteiger partial charge < -0.3 is 13.6 Å². The summed E-state index contributed by atoms with van der Waals surface area (Å²) in [5.74, 6) is 0. The van der Waals surface area contributed by atoms with Crippen LogP contribution in [0.5, 0.6) is 0 Å². The second kappa shape index (κ2) is 14.5. The lowest BCUT2D eigenvalue weighted by Crippen LogP contribution is -2.09. The minimum Gasteiger partial charge on any atom is -0.454 e. The predicted molar refractivity (Wildman–Crippen MR) is 295 cm³/mol. The molecule has 0 aliphatic heterocycles.